The molecule has 1 saturated carbocycles. The second kappa shape index (κ2) is 12.5. The Morgan fingerprint density at radius 3 is 2.46 bits per heavy atom. The Hall–Kier alpha value is -2.98. The lowest BCUT2D eigenvalue weighted by Gasteiger charge is -2.28. The van der Waals surface area contributed by atoms with Crippen LogP contribution >= 0.6 is 0 Å². The molecule has 1 aliphatic heterocycles. The van der Waals surface area contributed by atoms with Crippen molar-refractivity contribution in [3.63, 3.8) is 0 Å². The average Bonchev–Trinajstić information content (AvgIpc) is 2.89. The first-order valence-electron chi connectivity index (χ1n) is 13.9. The topological polar surface area (TPSA) is 137 Å². The molecule has 1 aromatic carbocycles. The number of nitrogens with zero attached hydrogens (tertiary/aromatic N) is 1. The van der Waals surface area contributed by atoms with Crippen LogP contribution in [0.3, 0.4) is 0 Å². The number of pyridine rings is 1. The van der Waals surface area contributed by atoms with Gasteiger partial charge in [-0.25, -0.2) is 13.4 Å². The molecule has 1 amide bonds. The molecule has 1 aliphatic carbocycles. The number of rotatable bonds is 10. The van der Waals surface area contributed by atoms with Crippen molar-refractivity contribution in [2.75, 3.05) is 18.4 Å². The molecule has 0 unspecified atom stereocenters. The standard InChI is InChI=1S/C29H40N4O5S/c1-18-15-19(2)26(20(3)16-18)39(37,38)33-25(29(35)36)17-31-28(34)23-9-6-21(7-10-23)8-12-24-13-11-22-5-4-14-30-27(22)32-24/h11,13,15-16,21,23,25,33H,4-10,12,14,17H2,1-3H3,(H,30,32)(H,31,34)(H,35,36)/t21?,23?,25-/m0/s1. The van der Waals surface area contributed by atoms with Crippen molar-refractivity contribution in [1.82, 2.24) is 15.0 Å². The van der Waals surface area contributed by atoms with Gasteiger partial charge in [0.05, 0.1) is 4.90 Å². The van der Waals surface area contributed by atoms with Crippen LogP contribution in [0.25, 0.3) is 0 Å². The number of carboxylic acids is 1. The molecule has 0 radical (unpaired) electrons. The number of nitrogens with one attached hydrogen (secondary N) is 3. The number of carbonyl (C=O) groups is 2. The fraction of sp³-hybridized carbons (Fsp3) is 0.552. The molecular weight excluding hydrogens is 516 g/mol. The van der Waals surface area contributed by atoms with Crippen LogP contribution in [0.1, 0.15) is 66.5 Å². The van der Waals surface area contributed by atoms with Crippen molar-refractivity contribution < 1.29 is 23.1 Å². The molecule has 212 valence electrons. The Balaban J connectivity index is 1.25. The molecular formula is C29H40N4O5S. The van der Waals surface area contributed by atoms with Gasteiger partial charge in [0.2, 0.25) is 15.9 Å². The van der Waals surface area contributed by atoms with Gasteiger partial charge in [0.25, 0.3) is 0 Å². The van der Waals surface area contributed by atoms with E-state index in [0.717, 1.165) is 75.0 Å². The second-order valence-electron chi connectivity index (χ2n) is 11.1. The molecule has 10 heteroatoms. The molecule has 2 aromatic rings. The second-order valence-corrected chi connectivity index (χ2v) is 12.7. The number of hydrogen-bond donors (Lipinski definition) is 4. The summed E-state index contributed by atoms with van der Waals surface area (Å²) in [7, 11) is -4.09. The van der Waals surface area contributed by atoms with E-state index in [2.05, 4.69) is 27.5 Å². The van der Waals surface area contributed by atoms with Gasteiger partial charge >= 0.3 is 5.97 Å². The monoisotopic (exact) mass is 556 g/mol. The highest BCUT2D eigenvalue weighted by Gasteiger charge is 2.30. The van der Waals surface area contributed by atoms with E-state index in [4.69, 9.17) is 4.98 Å². The molecule has 2 heterocycles. The van der Waals surface area contributed by atoms with Gasteiger partial charge < -0.3 is 15.7 Å². The highest BCUT2D eigenvalue weighted by atomic mass is 32.2. The highest BCUT2D eigenvalue weighted by molar-refractivity contribution is 7.89. The third-order valence-electron chi connectivity index (χ3n) is 7.93. The molecule has 0 saturated heterocycles. The number of amides is 1. The van der Waals surface area contributed by atoms with Crippen molar-refractivity contribution >= 4 is 27.7 Å². The zero-order valence-electron chi connectivity index (χ0n) is 23.0. The Morgan fingerprint density at radius 1 is 1.10 bits per heavy atom. The highest BCUT2D eigenvalue weighted by Crippen LogP contribution is 2.32. The maximum atomic E-state index is 13.0. The van der Waals surface area contributed by atoms with Crippen LogP contribution in [0.15, 0.2) is 29.2 Å². The number of anilines is 1. The van der Waals surface area contributed by atoms with Gasteiger partial charge in [-0.05, 0) is 101 Å². The molecule has 0 bridgehead atoms. The fourth-order valence-electron chi connectivity index (χ4n) is 5.94. The van der Waals surface area contributed by atoms with Crippen LogP contribution < -0.4 is 15.4 Å². The van der Waals surface area contributed by atoms with Gasteiger partial charge in [-0.1, -0.05) is 23.8 Å². The lowest BCUT2D eigenvalue weighted by Crippen LogP contribution is -2.49. The predicted molar refractivity (Wildman–Crippen MR) is 150 cm³/mol. The maximum Gasteiger partial charge on any atom is 0.323 e. The quantitative estimate of drug-likeness (QED) is 0.351. The van der Waals surface area contributed by atoms with E-state index in [0.29, 0.717) is 17.0 Å². The van der Waals surface area contributed by atoms with E-state index < -0.39 is 22.0 Å². The van der Waals surface area contributed by atoms with Crippen LogP contribution in [0, 0.1) is 32.6 Å². The fourth-order valence-corrected chi connectivity index (χ4v) is 7.58. The lowest BCUT2D eigenvalue weighted by molar-refractivity contribution is -0.139. The molecule has 4 rings (SSSR count). The minimum absolute atomic E-state index is 0.0749. The van der Waals surface area contributed by atoms with Gasteiger partial charge in [0.1, 0.15) is 11.9 Å². The van der Waals surface area contributed by atoms with E-state index in [1.165, 1.54) is 5.56 Å². The summed E-state index contributed by atoms with van der Waals surface area (Å²) in [6.07, 6.45) is 7.50. The van der Waals surface area contributed by atoms with Crippen LogP contribution in [-0.4, -0.2) is 49.5 Å². The van der Waals surface area contributed by atoms with Crippen LogP contribution in [0.2, 0.25) is 0 Å². The van der Waals surface area contributed by atoms with Crippen molar-refractivity contribution in [1.29, 1.82) is 0 Å². The van der Waals surface area contributed by atoms with Crippen molar-refractivity contribution in [3.05, 3.63) is 52.2 Å². The molecule has 1 atom stereocenters. The Bertz CT molecular complexity index is 1300. The summed E-state index contributed by atoms with van der Waals surface area (Å²) in [5, 5.41) is 15.7. The summed E-state index contributed by atoms with van der Waals surface area (Å²) in [6.45, 7) is 5.90. The van der Waals surface area contributed by atoms with E-state index in [-0.39, 0.29) is 23.3 Å². The zero-order chi connectivity index (χ0) is 28.2. The number of carbonyl (C=O) groups excluding carboxylic acids is 1. The Labute approximate surface area is 231 Å². The molecule has 4 N–H and O–H groups in total. The first kappa shape index (κ1) is 29.0. The van der Waals surface area contributed by atoms with E-state index >= 15 is 0 Å². The third kappa shape index (κ3) is 7.36. The van der Waals surface area contributed by atoms with Crippen molar-refractivity contribution in [2.45, 2.75) is 83.1 Å². The lowest BCUT2D eigenvalue weighted by atomic mass is 9.79. The van der Waals surface area contributed by atoms with E-state index in [1.54, 1.807) is 26.0 Å². The van der Waals surface area contributed by atoms with Gasteiger partial charge in [0.15, 0.2) is 0 Å². The number of aliphatic carboxylic acids is 1. The zero-order valence-corrected chi connectivity index (χ0v) is 23.9. The summed E-state index contributed by atoms with van der Waals surface area (Å²) >= 11 is 0. The average molecular weight is 557 g/mol. The summed E-state index contributed by atoms with van der Waals surface area (Å²) in [6, 6.07) is 6.33. The van der Waals surface area contributed by atoms with E-state index in [1.807, 2.05) is 6.92 Å². The summed E-state index contributed by atoms with van der Waals surface area (Å²) in [5.74, 6) is -0.204. The number of carboxylic acid groups (broad SMARTS) is 1. The van der Waals surface area contributed by atoms with Crippen molar-refractivity contribution in [2.24, 2.45) is 11.8 Å². The molecule has 39 heavy (non-hydrogen) atoms. The number of hydrogen-bond acceptors (Lipinski definition) is 6. The first-order valence-corrected chi connectivity index (χ1v) is 15.3. The van der Waals surface area contributed by atoms with Crippen LogP contribution in [-0.2, 0) is 32.5 Å². The van der Waals surface area contributed by atoms with Gasteiger partial charge in [-0.2, -0.15) is 4.72 Å². The van der Waals surface area contributed by atoms with Gasteiger partial charge in [-0.3, -0.25) is 9.59 Å². The summed E-state index contributed by atoms with van der Waals surface area (Å²) in [5.41, 5.74) is 4.40. The normalized spacial score (nSPS) is 20.0. The molecule has 2 aliphatic rings. The minimum atomic E-state index is -4.09. The number of sulfonamides is 1. The maximum absolute atomic E-state index is 13.0. The van der Waals surface area contributed by atoms with Crippen molar-refractivity contribution in [3.8, 4) is 0 Å². The SMILES string of the molecule is Cc1cc(C)c(S(=O)(=O)N[C@@H](CNC(=O)C2CCC(CCc3ccc4c(n3)NCCC4)CC2)C(=O)O)c(C)c1. The van der Waals surface area contributed by atoms with Crippen LogP contribution in [0.4, 0.5) is 5.82 Å². The number of aromatic nitrogens is 1. The predicted octanol–water partition coefficient (Wildman–Crippen LogP) is 3.65. The molecule has 1 aromatic heterocycles. The number of fused-ring (bicyclic) bond motifs is 1. The number of benzene rings is 1. The molecule has 0 spiro atoms. The largest absolute Gasteiger partial charge is 0.480 e. The van der Waals surface area contributed by atoms with Gasteiger partial charge in [-0.15, -0.1) is 0 Å². The van der Waals surface area contributed by atoms with Crippen LogP contribution in [0.5, 0.6) is 0 Å². The first-order chi connectivity index (χ1) is 18.5. The summed E-state index contributed by atoms with van der Waals surface area (Å²) in [4.78, 5) is 29.5. The van der Waals surface area contributed by atoms with Gasteiger partial charge in [0, 0.05) is 24.7 Å². The molecule has 1 fully saturated rings. The Kier molecular flexibility index (Phi) is 9.27. The number of aryl methyl sites for hydroxylation is 5. The molecule has 9 nitrogen and oxygen atoms in total. The minimum Gasteiger partial charge on any atom is -0.480 e. The summed E-state index contributed by atoms with van der Waals surface area (Å²) < 4.78 is 28.3. The van der Waals surface area contributed by atoms with E-state index in [9.17, 15) is 23.1 Å². The smallest absolute Gasteiger partial charge is 0.323 e. The third-order valence-corrected chi connectivity index (χ3v) is 9.70. The Morgan fingerprint density at radius 2 is 1.79 bits per heavy atom.